The smallest absolute Gasteiger partial charge is 0.410 e. The van der Waals surface area contributed by atoms with Gasteiger partial charge in [0, 0.05) is 31.7 Å². The predicted molar refractivity (Wildman–Crippen MR) is 96.7 cm³/mol. The lowest BCUT2D eigenvalue weighted by molar-refractivity contribution is -0.135. The highest BCUT2D eigenvalue weighted by molar-refractivity contribution is 6.33. The molecule has 1 saturated heterocycles. The fourth-order valence-electron chi connectivity index (χ4n) is 2.39. The SMILES string of the molecule is CC(C)(C)OC(=O)N1CCN(C(=O)COc2ccc(C=O)c(Cl)c2)CC1. The fourth-order valence-corrected chi connectivity index (χ4v) is 2.61. The molecule has 1 fully saturated rings. The molecule has 2 amide bonds. The van der Waals surface area contributed by atoms with Crippen molar-refractivity contribution in [2.45, 2.75) is 26.4 Å². The third-order valence-corrected chi connectivity index (χ3v) is 4.07. The van der Waals surface area contributed by atoms with E-state index in [4.69, 9.17) is 21.1 Å². The van der Waals surface area contributed by atoms with E-state index in [1.54, 1.807) is 15.9 Å². The maximum Gasteiger partial charge on any atom is 0.410 e. The molecule has 0 saturated carbocycles. The van der Waals surface area contributed by atoms with E-state index in [1.807, 2.05) is 20.8 Å². The second kappa shape index (κ2) is 8.40. The Hall–Kier alpha value is -2.28. The molecule has 0 bridgehead atoms. The van der Waals surface area contributed by atoms with Crippen molar-refractivity contribution in [3.8, 4) is 5.75 Å². The second-order valence-electron chi connectivity index (χ2n) is 6.94. The van der Waals surface area contributed by atoms with E-state index in [1.165, 1.54) is 12.1 Å². The molecule has 1 aromatic rings. The lowest BCUT2D eigenvalue weighted by Gasteiger charge is -2.35. The topological polar surface area (TPSA) is 76.2 Å². The van der Waals surface area contributed by atoms with Gasteiger partial charge in [-0.15, -0.1) is 0 Å². The van der Waals surface area contributed by atoms with Gasteiger partial charge in [0.25, 0.3) is 5.91 Å². The Kier molecular flexibility index (Phi) is 6.47. The molecule has 0 aliphatic carbocycles. The van der Waals surface area contributed by atoms with E-state index in [9.17, 15) is 14.4 Å². The third kappa shape index (κ3) is 5.62. The maximum atomic E-state index is 12.3. The molecule has 1 aliphatic heterocycles. The molecule has 7 nitrogen and oxygen atoms in total. The van der Waals surface area contributed by atoms with Crippen LogP contribution in [0.4, 0.5) is 4.79 Å². The van der Waals surface area contributed by atoms with Crippen LogP contribution in [0.15, 0.2) is 18.2 Å². The lowest BCUT2D eigenvalue weighted by atomic mass is 10.2. The summed E-state index contributed by atoms with van der Waals surface area (Å²) in [6.07, 6.45) is 0.285. The Morgan fingerprint density at radius 1 is 1.15 bits per heavy atom. The molecule has 0 radical (unpaired) electrons. The molecule has 1 heterocycles. The van der Waals surface area contributed by atoms with Crippen LogP contribution in [0, 0.1) is 0 Å². The zero-order valence-corrected chi connectivity index (χ0v) is 15.9. The number of ether oxygens (including phenoxy) is 2. The van der Waals surface area contributed by atoms with Crippen molar-refractivity contribution in [3.63, 3.8) is 0 Å². The van der Waals surface area contributed by atoms with Crippen LogP contribution in [0.2, 0.25) is 5.02 Å². The van der Waals surface area contributed by atoms with Gasteiger partial charge < -0.3 is 19.3 Å². The molecule has 1 aliphatic rings. The Balaban J connectivity index is 1.80. The summed E-state index contributed by atoms with van der Waals surface area (Å²) in [5.41, 5.74) is -0.179. The molecule has 142 valence electrons. The molecule has 26 heavy (non-hydrogen) atoms. The summed E-state index contributed by atoms with van der Waals surface area (Å²) >= 11 is 5.93. The van der Waals surface area contributed by atoms with Crippen molar-refractivity contribution in [2.24, 2.45) is 0 Å². The van der Waals surface area contributed by atoms with E-state index >= 15 is 0 Å². The van der Waals surface area contributed by atoms with Crippen molar-refractivity contribution >= 4 is 29.9 Å². The van der Waals surface area contributed by atoms with Crippen LogP contribution in [-0.4, -0.2) is 66.5 Å². The Labute approximate surface area is 157 Å². The van der Waals surface area contributed by atoms with Crippen LogP contribution in [0.5, 0.6) is 5.75 Å². The van der Waals surface area contributed by atoms with Crippen LogP contribution >= 0.6 is 11.6 Å². The number of aldehydes is 1. The number of nitrogens with zero attached hydrogens (tertiary/aromatic N) is 2. The van der Waals surface area contributed by atoms with Gasteiger partial charge in [-0.2, -0.15) is 0 Å². The first-order valence-corrected chi connectivity index (χ1v) is 8.70. The Morgan fingerprint density at radius 2 is 1.77 bits per heavy atom. The third-order valence-electron chi connectivity index (χ3n) is 3.75. The minimum atomic E-state index is -0.543. The molecular formula is C18H23ClN2O5. The number of hydrogen-bond donors (Lipinski definition) is 0. The van der Waals surface area contributed by atoms with Gasteiger partial charge in [0.05, 0.1) is 5.02 Å². The molecule has 0 unspecified atom stereocenters. The van der Waals surface area contributed by atoms with Crippen LogP contribution in [0.3, 0.4) is 0 Å². The van der Waals surface area contributed by atoms with Gasteiger partial charge in [-0.05, 0) is 39.0 Å². The summed E-state index contributed by atoms with van der Waals surface area (Å²) in [6, 6.07) is 4.62. The van der Waals surface area contributed by atoms with Gasteiger partial charge in [-0.25, -0.2) is 4.79 Å². The molecule has 2 rings (SSSR count). The highest BCUT2D eigenvalue weighted by atomic mass is 35.5. The lowest BCUT2D eigenvalue weighted by Crippen LogP contribution is -2.52. The van der Waals surface area contributed by atoms with Crippen LogP contribution < -0.4 is 4.74 Å². The van der Waals surface area contributed by atoms with Crippen molar-refractivity contribution < 1.29 is 23.9 Å². The first-order valence-electron chi connectivity index (χ1n) is 8.33. The van der Waals surface area contributed by atoms with Crippen LogP contribution in [0.25, 0.3) is 0 Å². The number of carbonyl (C=O) groups excluding carboxylic acids is 3. The van der Waals surface area contributed by atoms with Crippen molar-refractivity contribution in [2.75, 3.05) is 32.8 Å². The van der Waals surface area contributed by atoms with Gasteiger partial charge in [-0.3, -0.25) is 9.59 Å². The van der Waals surface area contributed by atoms with Gasteiger partial charge >= 0.3 is 6.09 Å². The molecule has 0 N–H and O–H groups in total. The minimum Gasteiger partial charge on any atom is -0.484 e. The largest absolute Gasteiger partial charge is 0.484 e. The Bertz CT molecular complexity index is 679. The fraction of sp³-hybridized carbons (Fsp3) is 0.500. The predicted octanol–water partition coefficient (Wildman–Crippen LogP) is 2.61. The number of carbonyl (C=O) groups is 3. The number of piperazine rings is 1. The van der Waals surface area contributed by atoms with E-state index < -0.39 is 5.60 Å². The number of halogens is 1. The average Bonchev–Trinajstić information content (AvgIpc) is 2.58. The first kappa shape index (κ1) is 20.0. The molecule has 1 aromatic carbocycles. The zero-order chi connectivity index (χ0) is 19.3. The number of benzene rings is 1. The average molecular weight is 383 g/mol. The summed E-state index contributed by atoms with van der Waals surface area (Å²) in [6.45, 7) is 6.99. The summed E-state index contributed by atoms with van der Waals surface area (Å²) in [4.78, 5) is 38.3. The Morgan fingerprint density at radius 3 is 2.31 bits per heavy atom. The highest BCUT2D eigenvalue weighted by Gasteiger charge is 2.27. The van der Waals surface area contributed by atoms with Crippen LogP contribution in [-0.2, 0) is 9.53 Å². The summed E-state index contributed by atoms with van der Waals surface area (Å²) in [5, 5.41) is 0.274. The number of rotatable bonds is 4. The number of hydrogen-bond acceptors (Lipinski definition) is 5. The highest BCUT2D eigenvalue weighted by Crippen LogP contribution is 2.21. The van der Waals surface area contributed by atoms with E-state index in [0.717, 1.165) is 0 Å². The summed E-state index contributed by atoms with van der Waals surface area (Å²) in [5.74, 6) is 0.241. The van der Waals surface area contributed by atoms with Gasteiger partial charge in [0.15, 0.2) is 12.9 Å². The van der Waals surface area contributed by atoms with Gasteiger partial charge in [-0.1, -0.05) is 11.6 Å². The summed E-state index contributed by atoms with van der Waals surface area (Å²) in [7, 11) is 0. The first-order chi connectivity index (χ1) is 12.2. The van der Waals surface area contributed by atoms with Gasteiger partial charge in [0.2, 0.25) is 0 Å². The maximum absolute atomic E-state index is 12.3. The molecular weight excluding hydrogens is 360 g/mol. The minimum absolute atomic E-state index is 0.136. The second-order valence-corrected chi connectivity index (χ2v) is 7.35. The standard InChI is InChI=1S/C18H23ClN2O5/c1-18(2,3)26-17(24)21-8-6-20(7-9-21)16(23)12-25-14-5-4-13(11-22)15(19)10-14/h4-5,10-11H,6-9,12H2,1-3H3. The van der Waals surface area contributed by atoms with Crippen molar-refractivity contribution in [3.05, 3.63) is 28.8 Å². The summed E-state index contributed by atoms with van der Waals surface area (Å²) < 4.78 is 10.8. The van der Waals surface area contributed by atoms with Gasteiger partial charge in [0.1, 0.15) is 11.4 Å². The zero-order valence-electron chi connectivity index (χ0n) is 15.2. The van der Waals surface area contributed by atoms with Crippen LogP contribution in [0.1, 0.15) is 31.1 Å². The molecule has 0 aromatic heterocycles. The van der Waals surface area contributed by atoms with Crippen molar-refractivity contribution in [1.82, 2.24) is 9.80 Å². The van der Waals surface area contributed by atoms with E-state index in [2.05, 4.69) is 0 Å². The molecule has 0 spiro atoms. The normalized spacial score (nSPS) is 14.8. The number of amides is 2. The molecule has 0 atom stereocenters. The van der Waals surface area contributed by atoms with E-state index in [-0.39, 0.29) is 23.6 Å². The van der Waals surface area contributed by atoms with Crippen molar-refractivity contribution in [1.29, 1.82) is 0 Å². The molecule has 8 heteroatoms. The van der Waals surface area contributed by atoms with E-state index in [0.29, 0.717) is 43.8 Å². The quantitative estimate of drug-likeness (QED) is 0.748. The monoisotopic (exact) mass is 382 g/mol.